The van der Waals surface area contributed by atoms with Crippen LogP contribution in [0.5, 0.6) is 11.8 Å². The van der Waals surface area contributed by atoms with Crippen LogP contribution in [0, 0.1) is 10.1 Å². The predicted molar refractivity (Wildman–Crippen MR) is 115 cm³/mol. The fourth-order valence-electron chi connectivity index (χ4n) is 3.47. The van der Waals surface area contributed by atoms with E-state index in [2.05, 4.69) is 19.7 Å². The molecule has 4 rings (SSSR count). The zero-order valence-corrected chi connectivity index (χ0v) is 18.7. The summed E-state index contributed by atoms with van der Waals surface area (Å²) in [6.07, 6.45) is -0.624. The molecule has 0 amide bonds. The number of benzene rings is 1. The molecule has 0 N–H and O–H groups in total. The van der Waals surface area contributed by atoms with Gasteiger partial charge in [-0.1, -0.05) is 0 Å². The van der Waals surface area contributed by atoms with Crippen LogP contribution in [0.3, 0.4) is 0 Å². The number of rotatable bonds is 8. The highest BCUT2D eigenvalue weighted by molar-refractivity contribution is 5.59. The van der Waals surface area contributed by atoms with Crippen LogP contribution in [0.2, 0.25) is 0 Å². The molecule has 3 heterocycles. The van der Waals surface area contributed by atoms with Crippen LogP contribution in [0.1, 0.15) is 19.4 Å². The number of fused-ring (bicyclic) bond motifs is 1. The molecule has 0 fully saturated rings. The Bertz CT molecular complexity index is 1170. The van der Waals surface area contributed by atoms with Gasteiger partial charge in [0.25, 0.3) is 0 Å². The van der Waals surface area contributed by atoms with E-state index in [-0.39, 0.29) is 42.9 Å². The van der Waals surface area contributed by atoms with Crippen molar-refractivity contribution in [3.63, 3.8) is 0 Å². The number of ether oxygens (including phenoxy) is 3. The number of alkyl halides is 3. The minimum absolute atomic E-state index is 0.0840. The minimum atomic E-state index is -4.76. The monoisotopic (exact) mass is 494 g/mol. The summed E-state index contributed by atoms with van der Waals surface area (Å²) in [4.78, 5) is 24.6. The highest BCUT2D eigenvalue weighted by Crippen LogP contribution is 2.29. The van der Waals surface area contributed by atoms with E-state index in [1.165, 1.54) is 35.0 Å². The normalized spacial score (nSPS) is 15.4. The highest BCUT2D eigenvalue weighted by atomic mass is 19.4. The van der Waals surface area contributed by atoms with Gasteiger partial charge in [0.05, 0.1) is 13.2 Å². The first-order chi connectivity index (χ1) is 16.6. The van der Waals surface area contributed by atoms with Crippen molar-refractivity contribution in [2.45, 2.75) is 45.5 Å². The quantitative estimate of drug-likeness (QED) is 0.338. The van der Waals surface area contributed by atoms with E-state index in [4.69, 9.17) is 9.47 Å². The smallest absolute Gasteiger partial charge is 0.443 e. The molecule has 1 aliphatic heterocycles. The van der Waals surface area contributed by atoms with Gasteiger partial charge in [0.2, 0.25) is 5.95 Å². The average molecular weight is 494 g/mol. The Hall–Kier alpha value is -3.94. The molecule has 0 unspecified atom stereocenters. The van der Waals surface area contributed by atoms with Gasteiger partial charge in [0.1, 0.15) is 24.7 Å². The molecule has 1 aromatic carbocycles. The van der Waals surface area contributed by atoms with Gasteiger partial charge in [0, 0.05) is 34.7 Å². The van der Waals surface area contributed by atoms with Gasteiger partial charge in [-0.3, -0.25) is 4.57 Å². The number of imidazole rings is 1. The maximum absolute atomic E-state index is 12.4. The van der Waals surface area contributed by atoms with Crippen LogP contribution in [-0.4, -0.2) is 49.6 Å². The largest absolute Gasteiger partial charge is 0.573 e. The lowest BCUT2D eigenvalue weighted by Crippen LogP contribution is -2.32. The molecule has 14 heteroatoms. The second-order valence-corrected chi connectivity index (χ2v) is 7.93. The Kier molecular flexibility index (Phi) is 6.73. The predicted octanol–water partition coefficient (Wildman–Crippen LogP) is 4.00. The fourth-order valence-corrected chi connectivity index (χ4v) is 3.47. The van der Waals surface area contributed by atoms with Crippen molar-refractivity contribution in [2.24, 2.45) is 0 Å². The summed E-state index contributed by atoms with van der Waals surface area (Å²) in [7, 11) is 0. The van der Waals surface area contributed by atoms with E-state index in [0.717, 1.165) is 0 Å². The van der Waals surface area contributed by atoms with Crippen molar-refractivity contribution in [1.82, 2.24) is 19.5 Å². The Morgan fingerprint density at radius 2 is 1.94 bits per heavy atom. The highest BCUT2D eigenvalue weighted by Gasteiger charge is 2.31. The van der Waals surface area contributed by atoms with Crippen LogP contribution in [0.25, 0.3) is 0 Å². The Balaban J connectivity index is 1.38. The molecule has 1 atom stereocenters. The summed E-state index contributed by atoms with van der Waals surface area (Å²) in [6.45, 7) is 4.54. The molecule has 0 bridgehead atoms. The lowest BCUT2D eigenvalue weighted by atomic mass is 10.2. The molecule has 186 valence electrons. The molecule has 2 aromatic heterocycles. The maximum Gasteiger partial charge on any atom is 0.573 e. The Labute approximate surface area is 197 Å². The number of halogens is 3. The van der Waals surface area contributed by atoms with Crippen molar-refractivity contribution in [3.8, 4) is 11.8 Å². The average Bonchev–Trinajstić information content (AvgIpc) is 3.23. The van der Waals surface area contributed by atoms with Gasteiger partial charge in [-0.2, -0.15) is 0 Å². The molecule has 35 heavy (non-hydrogen) atoms. The first-order valence-corrected chi connectivity index (χ1v) is 10.5. The summed E-state index contributed by atoms with van der Waals surface area (Å²) in [5.74, 6) is -0.242. The zero-order valence-electron chi connectivity index (χ0n) is 18.7. The maximum atomic E-state index is 12.4. The van der Waals surface area contributed by atoms with E-state index in [1.807, 2.05) is 13.8 Å². The SMILES string of the molecule is CC(C)N(c1ccc(OC(F)(F)F)cc1)c1ncc(CO[C@@H]2COc3nc([N+](=O)[O-])cn3C2)cn1. The third kappa shape index (κ3) is 5.95. The summed E-state index contributed by atoms with van der Waals surface area (Å²) in [5, 5.41) is 10.9. The number of hydrogen-bond acceptors (Lipinski definition) is 9. The van der Waals surface area contributed by atoms with Crippen molar-refractivity contribution in [1.29, 1.82) is 0 Å². The third-order valence-electron chi connectivity index (χ3n) is 4.97. The minimum Gasteiger partial charge on any atom is -0.443 e. The van der Waals surface area contributed by atoms with Gasteiger partial charge in [-0.15, -0.1) is 13.2 Å². The summed E-state index contributed by atoms with van der Waals surface area (Å²) in [5.41, 5.74) is 1.29. The molecule has 1 aliphatic rings. The van der Waals surface area contributed by atoms with Gasteiger partial charge >= 0.3 is 18.2 Å². The molecule has 3 aromatic rings. The second kappa shape index (κ2) is 9.74. The number of hydrogen-bond donors (Lipinski definition) is 0. The van der Waals surface area contributed by atoms with Gasteiger partial charge in [0.15, 0.2) is 0 Å². The Morgan fingerprint density at radius 1 is 1.26 bits per heavy atom. The van der Waals surface area contributed by atoms with E-state index in [9.17, 15) is 23.3 Å². The standard InChI is InChI=1S/C21H21F3N6O5/c1-13(2)29(15-3-5-16(6-4-15)35-21(22,23)24)19-25-7-14(8-26-19)11-33-17-9-28-10-18(30(31)32)27-20(28)34-12-17/h3-8,10,13,17H,9,11-12H2,1-2H3/t17-/m0/s1. The first-order valence-electron chi connectivity index (χ1n) is 10.5. The summed E-state index contributed by atoms with van der Waals surface area (Å²) < 4.78 is 53.9. The summed E-state index contributed by atoms with van der Waals surface area (Å²) >= 11 is 0. The lowest BCUT2D eigenvalue weighted by Gasteiger charge is -2.27. The molecule has 0 spiro atoms. The van der Waals surface area contributed by atoms with E-state index in [1.54, 1.807) is 17.3 Å². The van der Waals surface area contributed by atoms with Gasteiger partial charge < -0.3 is 29.2 Å². The number of anilines is 2. The Morgan fingerprint density at radius 3 is 2.54 bits per heavy atom. The van der Waals surface area contributed by atoms with Gasteiger partial charge in [-0.25, -0.2) is 9.97 Å². The number of aromatic nitrogens is 4. The lowest BCUT2D eigenvalue weighted by molar-refractivity contribution is -0.389. The summed E-state index contributed by atoms with van der Waals surface area (Å²) in [6, 6.07) is 5.55. The topological polar surface area (TPSA) is 118 Å². The first kappa shape index (κ1) is 24.2. The van der Waals surface area contributed by atoms with E-state index in [0.29, 0.717) is 23.7 Å². The molecule has 0 aliphatic carbocycles. The van der Waals surface area contributed by atoms with Crippen molar-refractivity contribution >= 4 is 17.5 Å². The molecule has 0 radical (unpaired) electrons. The molecule has 11 nitrogen and oxygen atoms in total. The third-order valence-corrected chi connectivity index (χ3v) is 4.97. The van der Waals surface area contributed by atoms with Crippen LogP contribution >= 0.6 is 0 Å². The van der Waals surface area contributed by atoms with Gasteiger partial charge in [-0.05, 0) is 43.0 Å². The second-order valence-electron chi connectivity index (χ2n) is 7.93. The van der Waals surface area contributed by atoms with Crippen molar-refractivity contribution < 1.29 is 32.3 Å². The van der Waals surface area contributed by atoms with Crippen molar-refractivity contribution in [3.05, 3.63) is 58.5 Å². The molecular weight excluding hydrogens is 473 g/mol. The van der Waals surface area contributed by atoms with E-state index >= 15 is 0 Å². The zero-order chi connectivity index (χ0) is 25.2. The number of nitrogens with zero attached hydrogens (tertiary/aromatic N) is 6. The molecule has 0 saturated carbocycles. The van der Waals surface area contributed by atoms with Crippen LogP contribution in [0.4, 0.5) is 30.6 Å². The van der Waals surface area contributed by atoms with Crippen LogP contribution in [-0.2, 0) is 17.9 Å². The van der Waals surface area contributed by atoms with Crippen LogP contribution in [0.15, 0.2) is 42.9 Å². The van der Waals surface area contributed by atoms with E-state index < -0.39 is 11.3 Å². The van der Waals surface area contributed by atoms with Crippen LogP contribution < -0.4 is 14.4 Å². The molecular formula is C21H21F3N6O5. The number of nitro groups is 1. The van der Waals surface area contributed by atoms with Crippen molar-refractivity contribution in [2.75, 3.05) is 11.5 Å². The fraction of sp³-hybridized carbons (Fsp3) is 0.381. The molecule has 0 saturated heterocycles.